The number of rotatable bonds is 4. The van der Waals surface area contributed by atoms with E-state index in [9.17, 15) is 0 Å². The number of likely N-dealkylation sites (N-methyl/N-ethyl adjacent to an activating group) is 1. The second kappa shape index (κ2) is 5.78. The Labute approximate surface area is 109 Å². The molecule has 0 fully saturated rings. The fraction of sp³-hybridized carbons (Fsp3) is 0.312. The van der Waals surface area contributed by atoms with Gasteiger partial charge in [-0.3, -0.25) is 4.99 Å². The quantitative estimate of drug-likeness (QED) is 0.750. The summed E-state index contributed by atoms with van der Waals surface area (Å²) in [5.74, 6) is 0. The molecule has 2 aromatic rings. The van der Waals surface area contributed by atoms with Gasteiger partial charge in [-0.15, -0.1) is 0 Å². The predicted octanol–water partition coefficient (Wildman–Crippen LogP) is 3.13. The molecule has 0 aliphatic heterocycles. The number of nitrogens with zero attached hydrogens (tertiary/aromatic N) is 2. The predicted molar refractivity (Wildman–Crippen MR) is 79.7 cm³/mol. The number of fused-ring (bicyclic) bond motifs is 1. The van der Waals surface area contributed by atoms with Crippen LogP contribution in [0.1, 0.15) is 11.1 Å². The molecule has 0 N–H and O–H groups in total. The van der Waals surface area contributed by atoms with Crippen molar-refractivity contribution >= 4 is 17.0 Å². The van der Waals surface area contributed by atoms with E-state index < -0.39 is 0 Å². The average Bonchev–Trinajstić information content (AvgIpc) is 2.36. The summed E-state index contributed by atoms with van der Waals surface area (Å²) < 4.78 is 0. The topological polar surface area (TPSA) is 15.6 Å². The lowest BCUT2D eigenvalue weighted by molar-refractivity contribution is 0.421. The Kier molecular flexibility index (Phi) is 4.11. The van der Waals surface area contributed by atoms with Crippen LogP contribution in [0.4, 0.5) is 0 Å². The summed E-state index contributed by atoms with van der Waals surface area (Å²) in [6.45, 7) is 3.97. The van der Waals surface area contributed by atoms with Gasteiger partial charge in [0, 0.05) is 18.3 Å². The van der Waals surface area contributed by atoms with Crippen LogP contribution in [0, 0.1) is 6.92 Å². The minimum absolute atomic E-state index is 0.843. The zero-order chi connectivity index (χ0) is 13.0. The molecular weight excluding hydrogens is 220 g/mol. The van der Waals surface area contributed by atoms with Gasteiger partial charge in [-0.05, 0) is 37.4 Å². The van der Waals surface area contributed by atoms with Gasteiger partial charge in [-0.25, -0.2) is 0 Å². The molecule has 94 valence electrons. The lowest BCUT2D eigenvalue weighted by atomic mass is 10.0. The second-order valence-corrected chi connectivity index (χ2v) is 4.86. The summed E-state index contributed by atoms with van der Waals surface area (Å²) in [4.78, 5) is 6.67. The van der Waals surface area contributed by atoms with E-state index in [0.29, 0.717) is 0 Å². The van der Waals surface area contributed by atoms with Gasteiger partial charge in [0.2, 0.25) is 0 Å². The second-order valence-electron chi connectivity index (χ2n) is 4.86. The lowest BCUT2D eigenvalue weighted by Crippen LogP contribution is -2.15. The van der Waals surface area contributed by atoms with E-state index in [1.54, 1.807) is 0 Å². The number of aliphatic imine (C=N–C) groups is 1. The van der Waals surface area contributed by atoms with Crippen LogP contribution in [0.15, 0.2) is 41.4 Å². The van der Waals surface area contributed by atoms with E-state index in [1.807, 2.05) is 6.21 Å². The highest BCUT2D eigenvalue weighted by Crippen LogP contribution is 2.20. The fourth-order valence-electron chi connectivity index (χ4n) is 1.99. The molecule has 0 atom stereocenters. The van der Waals surface area contributed by atoms with Crippen molar-refractivity contribution in [3.63, 3.8) is 0 Å². The van der Waals surface area contributed by atoms with E-state index in [1.165, 1.54) is 21.9 Å². The highest BCUT2D eigenvalue weighted by Gasteiger charge is 2.01. The third-order valence-electron chi connectivity index (χ3n) is 3.09. The molecule has 2 rings (SSSR count). The van der Waals surface area contributed by atoms with E-state index in [4.69, 9.17) is 0 Å². The van der Waals surface area contributed by atoms with Crippen LogP contribution in [0.2, 0.25) is 0 Å². The zero-order valence-corrected chi connectivity index (χ0v) is 11.4. The largest absolute Gasteiger partial charge is 0.308 e. The van der Waals surface area contributed by atoms with Crippen LogP contribution >= 0.6 is 0 Å². The van der Waals surface area contributed by atoms with E-state index in [2.05, 4.69) is 67.3 Å². The Balaban J connectivity index is 2.29. The number of hydrogen-bond donors (Lipinski definition) is 0. The molecule has 0 bridgehead atoms. The minimum Gasteiger partial charge on any atom is -0.308 e. The average molecular weight is 240 g/mol. The maximum atomic E-state index is 4.53. The van der Waals surface area contributed by atoms with Crippen molar-refractivity contribution < 1.29 is 0 Å². The van der Waals surface area contributed by atoms with Gasteiger partial charge < -0.3 is 4.90 Å². The highest BCUT2D eigenvalue weighted by molar-refractivity contribution is 6.01. The van der Waals surface area contributed by atoms with Gasteiger partial charge in [-0.1, -0.05) is 36.4 Å². The van der Waals surface area contributed by atoms with Gasteiger partial charge >= 0.3 is 0 Å². The van der Waals surface area contributed by atoms with Crippen LogP contribution in [-0.2, 0) is 0 Å². The van der Waals surface area contributed by atoms with Crippen molar-refractivity contribution in [2.75, 3.05) is 27.2 Å². The maximum absolute atomic E-state index is 4.53. The first kappa shape index (κ1) is 12.8. The molecule has 2 heteroatoms. The van der Waals surface area contributed by atoms with Crippen molar-refractivity contribution in [1.29, 1.82) is 0 Å². The first-order valence-corrected chi connectivity index (χ1v) is 6.31. The Bertz CT molecular complexity index is 556. The smallest absolute Gasteiger partial charge is 0.0516 e. The molecule has 0 spiro atoms. The highest BCUT2D eigenvalue weighted by atomic mass is 15.1. The Morgan fingerprint density at radius 1 is 1.11 bits per heavy atom. The molecular formula is C16H20N2. The molecule has 0 heterocycles. The number of benzene rings is 2. The monoisotopic (exact) mass is 240 g/mol. The minimum atomic E-state index is 0.843. The summed E-state index contributed by atoms with van der Waals surface area (Å²) >= 11 is 0. The standard InChI is InChI=1S/C16H20N2/c1-13-8-9-14-6-4-5-7-15(14)16(13)12-17-10-11-18(2)3/h4-9,12H,10-11H2,1-3H3. The van der Waals surface area contributed by atoms with Crippen molar-refractivity contribution in [3.05, 3.63) is 47.5 Å². The lowest BCUT2D eigenvalue weighted by Gasteiger charge is -2.07. The van der Waals surface area contributed by atoms with E-state index in [0.717, 1.165) is 13.1 Å². The van der Waals surface area contributed by atoms with E-state index >= 15 is 0 Å². The van der Waals surface area contributed by atoms with Crippen molar-refractivity contribution in [1.82, 2.24) is 4.90 Å². The number of hydrogen-bond acceptors (Lipinski definition) is 2. The normalized spacial score (nSPS) is 11.8. The Hall–Kier alpha value is -1.67. The third kappa shape index (κ3) is 2.96. The van der Waals surface area contributed by atoms with Crippen molar-refractivity contribution in [3.8, 4) is 0 Å². The van der Waals surface area contributed by atoms with Crippen LogP contribution in [-0.4, -0.2) is 38.3 Å². The molecule has 0 saturated carbocycles. The maximum Gasteiger partial charge on any atom is 0.0516 e. The molecule has 0 saturated heterocycles. The van der Waals surface area contributed by atoms with Crippen LogP contribution in [0.5, 0.6) is 0 Å². The molecule has 0 aromatic heterocycles. The van der Waals surface area contributed by atoms with Crippen LogP contribution in [0.3, 0.4) is 0 Å². The molecule has 2 nitrogen and oxygen atoms in total. The summed E-state index contributed by atoms with van der Waals surface area (Å²) in [6, 6.07) is 12.8. The van der Waals surface area contributed by atoms with Crippen molar-refractivity contribution in [2.24, 2.45) is 4.99 Å². The van der Waals surface area contributed by atoms with E-state index in [-0.39, 0.29) is 0 Å². The number of aryl methyl sites for hydroxylation is 1. The van der Waals surface area contributed by atoms with Crippen LogP contribution in [0.25, 0.3) is 10.8 Å². The first-order valence-electron chi connectivity index (χ1n) is 6.31. The first-order chi connectivity index (χ1) is 8.68. The summed E-state index contributed by atoms with van der Waals surface area (Å²) in [6.07, 6.45) is 2.02. The van der Waals surface area contributed by atoms with Gasteiger partial charge in [0.25, 0.3) is 0 Å². The van der Waals surface area contributed by atoms with Crippen molar-refractivity contribution in [2.45, 2.75) is 6.92 Å². The summed E-state index contributed by atoms with van der Waals surface area (Å²) in [7, 11) is 4.14. The van der Waals surface area contributed by atoms with Gasteiger partial charge in [0.1, 0.15) is 0 Å². The zero-order valence-electron chi connectivity index (χ0n) is 11.4. The Morgan fingerprint density at radius 3 is 2.67 bits per heavy atom. The molecule has 0 amide bonds. The summed E-state index contributed by atoms with van der Waals surface area (Å²) in [5, 5.41) is 2.56. The fourth-order valence-corrected chi connectivity index (χ4v) is 1.99. The third-order valence-corrected chi connectivity index (χ3v) is 3.09. The SMILES string of the molecule is Cc1ccc2ccccc2c1C=NCCN(C)C. The molecule has 18 heavy (non-hydrogen) atoms. The molecule has 0 radical (unpaired) electrons. The molecule has 0 aliphatic carbocycles. The molecule has 2 aromatic carbocycles. The molecule has 0 aliphatic rings. The van der Waals surface area contributed by atoms with Crippen LogP contribution < -0.4 is 0 Å². The van der Waals surface area contributed by atoms with Gasteiger partial charge in [0.05, 0.1) is 6.54 Å². The van der Waals surface area contributed by atoms with Gasteiger partial charge in [-0.2, -0.15) is 0 Å². The summed E-state index contributed by atoms with van der Waals surface area (Å²) in [5.41, 5.74) is 2.52. The van der Waals surface area contributed by atoms with Gasteiger partial charge in [0.15, 0.2) is 0 Å². The molecule has 0 unspecified atom stereocenters. The Morgan fingerprint density at radius 2 is 1.89 bits per heavy atom.